The SMILES string of the molecule is COc1ccc(CN(Cc2ccc(OC)cc2)c2cc(C)c(C(F)(F)F)c(-c3c(SC(F)(F)F)cc4c(N5CCN(C(=O)OC(C)(C)C)CC5C)nc(OC[C@@H]5CCCN5C)nc4c3F)n2)cc1. The Labute approximate surface area is 394 Å². The minimum atomic E-state index is -5.20. The van der Waals surface area contributed by atoms with E-state index in [0.717, 1.165) is 32.4 Å². The summed E-state index contributed by atoms with van der Waals surface area (Å²) < 4.78 is 131. The fraction of sp³-hybridized carbons (Fsp3) is 0.458. The van der Waals surface area contributed by atoms with E-state index in [4.69, 9.17) is 18.9 Å². The van der Waals surface area contributed by atoms with Crippen molar-refractivity contribution in [3.63, 3.8) is 0 Å². The van der Waals surface area contributed by atoms with Crippen LogP contribution in [-0.2, 0) is 24.0 Å². The molecule has 12 nitrogen and oxygen atoms in total. The lowest BCUT2D eigenvalue weighted by Crippen LogP contribution is -2.55. The average Bonchev–Trinajstić information content (AvgIpc) is 3.68. The Morgan fingerprint density at radius 2 is 1.49 bits per heavy atom. The molecule has 2 aliphatic heterocycles. The smallest absolute Gasteiger partial charge is 0.446 e. The number of anilines is 2. The summed E-state index contributed by atoms with van der Waals surface area (Å²) in [4.78, 5) is 32.6. The predicted octanol–water partition coefficient (Wildman–Crippen LogP) is 10.9. The molecule has 20 heteroatoms. The molecule has 0 radical (unpaired) electrons. The van der Waals surface area contributed by atoms with Crippen LogP contribution in [0.1, 0.15) is 62.8 Å². The van der Waals surface area contributed by atoms with Crippen molar-refractivity contribution in [1.29, 1.82) is 0 Å². The van der Waals surface area contributed by atoms with E-state index in [2.05, 4.69) is 19.9 Å². The number of halogens is 7. The molecule has 1 unspecified atom stereocenters. The number of thioether (sulfide) groups is 1. The number of fused-ring (bicyclic) bond motifs is 1. The molecule has 2 saturated heterocycles. The van der Waals surface area contributed by atoms with Crippen molar-refractivity contribution in [1.82, 2.24) is 24.8 Å². The molecule has 0 saturated carbocycles. The van der Waals surface area contributed by atoms with E-state index in [1.165, 1.54) is 25.2 Å². The Balaban J connectivity index is 1.43. The molecule has 0 bridgehead atoms. The van der Waals surface area contributed by atoms with Gasteiger partial charge in [-0.15, -0.1) is 0 Å². The van der Waals surface area contributed by atoms with Crippen LogP contribution in [0.4, 0.5) is 47.2 Å². The van der Waals surface area contributed by atoms with Gasteiger partial charge in [-0.05, 0) is 126 Å². The van der Waals surface area contributed by atoms with Gasteiger partial charge in [0, 0.05) is 55.1 Å². The maximum absolute atomic E-state index is 17.9. The number of aromatic nitrogens is 3. The molecule has 2 atom stereocenters. The number of carbonyl (C=O) groups is 1. The van der Waals surface area contributed by atoms with Gasteiger partial charge in [0.05, 0.1) is 31.0 Å². The molecule has 3 aromatic carbocycles. The molecule has 2 aliphatic rings. The highest BCUT2D eigenvalue weighted by Gasteiger charge is 2.42. The quantitative estimate of drug-likeness (QED) is 0.0828. The molecular weight excluding hydrogens is 920 g/mol. The van der Waals surface area contributed by atoms with E-state index in [1.807, 2.05) is 7.05 Å². The molecule has 0 aliphatic carbocycles. The van der Waals surface area contributed by atoms with Crippen molar-refractivity contribution >= 4 is 40.4 Å². The Morgan fingerprint density at radius 1 is 0.868 bits per heavy atom. The third-order valence-corrected chi connectivity index (χ3v) is 12.6. The van der Waals surface area contributed by atoms with Crippen molar-refractivity contribution in [2.75, 3.05) is 63.9 Å². The molecule has 2 fully saturated rings. The molecule has 68 heavy (non-hydrogen) atoms. The number of likely N-dealkylation sites (tertiary alicyclic amines) is 1. The zero-order valence-electron chi connectivity index (χ0n) is 39.0. The predicted molar refractivity (Wildman–Crippen MR) is 246 cm³/mol. The number of rotatable bonds is 13. The Hall–Kier alpha value is -5.76. The Bertz CT molecular complexity index is 2550. The van der Waals surface area contributed by atoms with Crippen LogP contribution in [0.5, 0.6) is 17.5 Å². The number of aryl methyl sites for hydroxylation is 1. The van der Waals surface area contributed by atoms with Crippen molar-refractivity contribution in [2.45, 2.75) is 94.8 Å². The number of piperazine rings is 1. The molecule has 2 aromatic heterocycles. The lowest BCUT2D eigenvalue weighted by Gasteiger charge is -2.41. The Morgan fingerprint density at radius 3 is 2.00 bits per heavy atom. The van der Waals surface area contributed by atoms with Gasteiger partial charge in [-0.1, -0.05) is 24.3 Å². The summed E-state index contributed by atoms with van der Waals surface area (Å²) in [6, 6.07) is 15.1. The molecule has 7 rings (SSSR count). The molecule has 1 amide bonds. The third-order valence-electron chi connectivity index (χ3n) is 11.8. The van der Waals surface area contributed by atoms with Crippen LogP contribution in [0.15, 0.2) is 65.6 Å². The van der Waals surface area contributed by atoms with Crippen molar-refractivity contribution in [3.05, 3.63) is 88.7 Å². The fourth-order valence-electron chi connectivity index (χ4n) is 8.48. The minimum Gasteiger partial charge on any atom is -0.497 e. The number of benzene rings is 3. The maximum atomic E-state index is 17.9. The highest BCUT2D eigenvalue weighted by Crippen LogP contribution is 2.49. The van der Waals surface area contributed by atoms with E-state index < -0.39 is 79.8 Å². The van der Waals surface area contributed by atoms with Crippen LogP contribution >= 0.6 is 11.8 Å². The standard InChI is InChI=1S/C48H54F7N7O5S/c1-28-22-37(61(25-30-11-15-33(64-7)16-12-30)26-31-13-17-34(65-8)18-14-31)56-42(39(28)47(50,51)52)38-36(68-48(53,54)55)23-35-41(40(38)49)57-44(66-27-32-10-9-19-59(32)6)58-43(35)62-21-20-60(24-29(62)2)45(63)67-46(3,4)5/h11-18,22-23,29,32H,9-10,19-21,24-27H2,1-8H3/t29?,32-/m0/s1. The van der Waals surface area contributed by atoms with Crippen molar-refractivity contribution in [2.24, 2.45) is 0 Å². The normalized spacial score (nSPS) is 17.2. The molecule has 5 aromatic rings. The first-order chi connectivity index (χ1) is 32.0. The first-order valence-corrected chi connectivity index (χ1v) is 22.8. The zero-order chi connectivity index (χ0) is 49.3. The second-order valence-corrected chi connectivity index (χ2v) is 19.1. The topological polar surface area (TPSA) is 106 Å². The number of methoxy groups -OCH3 is 2. The monoisotopic (exact) mass is 973 g/mol. The fourth-order valence-corrected chi connectivity index (χ4v) is 9.19. The van der Waals surface area contributed by atoms with Gasteiger partial charge in [0.1, 0.15) is 40.9 Å². The van der Waals surface area contributed by atoms with Crippen LogP contribution in [0.3, 0.4) is 0 Å². The van der Waals surface area contributed by atoms with Gasteiger partial charge in [0.2, 0.25) is 0 Å². The van der Waals surface area contributed by atoms with Crippen molar-refractivity contribution in [3.8, 4) is 28.8 Å². The van der Waals surface area contributed by atoms with Gasteiger partial charge in [-0.3, -0.25) is 0 Å². The zero-order valence-corrected chi connectivity index (χ0v) is 39.8. The summed E-state index contributed by atoms with van der Waals surface area (Å²) in [5.74, 6) is -0.440. The van der Waals surface area contributed by atoms with Gasteiger partial charge in [0.15, 0.2) is 5.82 Å². The van der Waals surface area contributed by atoms with E-state index in [-0.39, 0.29) is 68.4 Å². The summed E-state index contributed by atoms with van der Waals surface area (Å²) in [5, 5.41) is -0.206. The lowest BCUT2D eigenvalue weighted by atomic mass is 9.98. The largest absolute Gasteiger partial charge is 0.497 e. The summed E-state index contributed by atoms with van der Waals surface area (Å²) in [6.45, 7) is 9.43. The first kappa shape index (κ1) is 50.1. The molecule has 0 spiro atoms. The molecule has 366 valence electrons. The highest BCUT2D eigenvalue weighted by atomic mass is 32.2. The number of carbonyl (C=O) groups excluding carboxylic acids is 1. The Kier molecular flexibility index (Phi) is 14.8. The van der Waals surface area contributed by atoms with E-state index in [0.29, 0.717) is 22.6 Å². The van der Waals surface area contributed by atoms with Crippen LogP contribution < -0.4 is 24.0 Å². The summed E-state index contributed by atoms with van der Waals surface area (Å²) in [5.41, 5.74) is -8.97. The second-order valence-electron chi connectivity index (χ2n) is 18.0. The number of ether oxygens (including phenoxy) is 4. The number of amides is 1. The van der Waals surface area contributed by atoms with Gasteiger partial charge >= 0.3 is 23.8 Å². The van der Waals surface area contributed by atoms with Crippen molar-refractivity contribution < 1.29 is 54.5 Å². The van der Waals surface area contributed by atoms with E-state index in [1.54, 1.807) is 86.0 Å². The summed E-state index contributed by atoms with van der Waals surface area (Å²) in [6.07, 6.45) is -4.09. The van der Waals surface area contributed by atoms with E-state index >= 15 is 17.6 Å². The van der Waals surface area contributed by atoms with Crippen LogP contribution in [0, 0.1) is 12.7 Å². The molecule has 4 heterocycles. The number of alkyl halides is 6. The van der Waals surface area contributed by atoms with Crippen LogP contribution in [0.25, 0.3) is 22.2 Å². The van der Waals surface area contributed by atoms with E-state index in [9.17, 15) is 18.0 Å². The lowest BCUT2D eigenvalue weighted by molar-refractivity contribution is -0.137. The number of nitrogens with zero attached hydrogens (tertiary/aromatic N) is 7. The van der Waals surface area contributed by atoms with Gasteiger partial charge in [0.25, 0.3) is 0 Å². The summed E-state index contributed by atoms with van der Waals surface area (Å²) >= 11 is -0.765. The number of pyridine rings is 1. The number of hydrogen-bond donors (Lipinski definition) is 0. The molecular formula is C48H54F7N7O5S. The third kappa shape index (κ3) is 11.7. The molecule has 0 N–H and O–H groups in total. The van der Waals surface area contributed by atoms with Crippen LogP contribution in [0.2, 0.25) is 0 Å². The van der Waals surface area contributed by atoms with Gasteiger partial charge < -0.3 is 38.5 Å². The van der Waals surface area contributed by atoms with Gasteiger partial charge in [-0.2, -0.15) is 36.3 Å². The second kappa shape index (κ2) is 20.1. The van der Waals surface area contributed by atoms with Crippen LogP contribution in [-0.4, -0.2) is 108 Å². The highest BCUT2D eigenvalue weighted by molar-refractivity contribution is 8.00. The van der Waals surface area contributed by atoms with Gasteiger partial charge in [-0.25, -0.2) is 14.2 Å². The summed E-state index contributed by atoms with van der Waals surface area (Å²) in [7, 11) is 4.93. The maximum Gasteiger partial charge on any atom is 0.446 e. The minimum absolute atomic E-state index is 0.0188. The average molecular weight is 974 g/mol. The number of hydrogen-bond acceptors (Lipinski definition) is 12. The number of likely N-dealkylation sites (N-methyl/N-ethyl adjacent to an activating group) is 1. The first-order valence-electron chi connectivity index (χ1n) is 22.0.